The van der Waals surface area contributed by atoms with Crippen LogP contribution in [0.5, 0.6) is 5.75 Å². The van der Waals surface area contributed by atoms with E-state index in [9.17, 15) is 21.6 Å². The predicted molar refractivity (Wildman–Crippen MR) is 105 cm³/mol. The average Bonchev–Trinajstić information content (AvgIpc) is 2.99. The van der Waals surface area contributed by atoms with Crippen LogP contribution in [0.1, 0.15) is 17.0 Å². The number of hydrogen-bond acceptors (Lipinski definition) is 4. The second kappa shape index (κ2) is 8.49. The minimum Gasteiger partial charge on any atom is -0.406 e. The second-order valence-corrected chi connectivity index (χ2v) is 8.44. The van der Waals surface area contributed by atoms with Crippen molar-refractivity contribution in [2.24, 2.45) is 0 Å². The average molecular weight is 439 g/mol. The number of nitrogens with zero attached hydrogens (tertiary/aromatic N) is 2. The van der Waals surface area contributed by atoms with Gasteiger partial charge in [0.25, 0.3) is 0 Å². The number of hydrogen-bond donors (Lipinski definition) is 1. The fraction of sp³-hybridized carbons (Fsp3) is 0.250. The summed E-state index contributed by atoms with van der Waals surface area (Å²) in [5.41, 5.74) is 3.71. The van der Waals surface area contributed by atoms with Gasteiger partial charge in [0.1, 0.15) is 5.75 Å². The molecule has 0 aliphatic carbocycles. The van der Waals surface area contributed by atoms with Crippen molar-refractivity contribution in [3.8, 4) is 11.4 Å². The zero-order valence-corrected chi connectivity index (χ0v) is 17.1. The van der Waals surface area contributed by atoms with Crippen molar-refractivity contribution >= 4 is 10.0 Å². The van der Waals surface area contributed by atoms with Gasteiger partial charge in [0.05, 0.1) is 16.3 Å². The molecule has 6 nitrogen and oxygen atoms in total. The Labute approximate surface area is 172 Å². The summed E-state index contributed by atoms with van der Waals surface area (Å²) in [6, 6.07) is 13.8. The molecule has 1 aromatic heterocycles. The zero-order chi connectivity index (χ0) is 21.9. The predicted octanol–water partition coefficient (Wildman–Crippen LogP) is 3.91. The molecule has 3 rings (SSSR count). The van der Waals surface area contributed by atoms with E-state index in [4.69, 9.17) is 0 Å². The molecule has 0 aliphatic rings. The summed E-state index contributed by atoms with van der Waals surface area (Å²) in [4.78, 5) is -0.302. The van der Waals surface area contributed by atoms with E-state index in [1.807, 2.05) is 48.9 Å². The monoisotopic (exact) mass is 439 g/mol. The Balaban J connectivity index is 1.62. The fourth-order valence-electron chi connectivity index (χ4n) is 2.95. The van der Waals surface area contributed by atoms with Gasteiger partial charge in [-0.25, -0.2) is 17.8 Å². The molecular weight excluding hydrogens is 419 g/mol. The Morgan fingerprint density at radius 2 is 1.77 bits per heavy atom. The molecular formula is C20H20F3N3O3S. The molecule has 1 heterocycles. The van der Waals surface area contributed by atoms with Crippen LogP contribution >= 0.6 is 0 Å². The number of rotatable bonds is 7. The first-order chi connectivity index (χ1) is 14.0. The minimum atomic E-state index is -4.89. The largest absolute Gasteiger partial charge is 0.573 e. The molecule has 0 bridgehead atoms. The van der Waals surface area contributed by atoms with Crippen LogP contribution < -0.4 is 9.46 Å². The summed E-state index contributed by atoms with van der Waals surface area (Å²) in [7, 11) is -3.97. The van der Waals surface area contributed by atoms with Crippen LogP contribution in [0.25, 0.3) is 5.69 Å². The summed E-state index contributed by atoms with van der Waals surface area (Å²) in [5.74, 6) is -0.592. The van der Waals surface area contributed by atoms with Gasteiger partial charge in [-0.1, -0.05) is 18.2 Å². The normalized spacial score (nSPS) is 12.2. The van der Waals surface area contributed by atoms with Crippen molar-refractivity contribution in [2.45, 2.75) is 31.5 Å². The molecule has 0 spiro atoms. The van der Waals surface area contributed by atoms with Gasteiger partial charge in [-0.2, -0.15) is 5.10 Å². The maximum atomic E-state index is 12.4. The van der Waals surface area contributed by atoms with Gasteiger partial charge in [0, 0.05) is 18.3 Å². The summed E-state index contributed by atoms with van der Waals surface area (Å²) in [5, 5.41) is 4.41. The highest BCUT2D eigenvalue weighted by Gasteiger charge is 2.31. The maximum absolute atomic E-state index is 12.4. The lowest BCUT2D eigenvalue weighted by Crippen LogP contribution is -2.26. The van der Waals surface area contributed by atoms with E-state index in [0.717, 1.165) is 34.8 Å². The van der Waals surface area contributed by atoms with Crippen molar-refractivity contribution in [3.63, 3.8) is 0 Å². The molecule has 0 fully saturated rings. The van der Waals surface area contributed by atoms with Gasteiger partial charge in [-0.3, -0.25) is 0 Å². The first-order valence-electron chi connectivity index (χ1n) is 9.01. The van der Waals surface area contributed by atoms with E-state index in [0.29, 0.717) is 6.42 Å². The molecule has 0 radical (unpaired) electrons. The van der Waals surface area contributed by atoms with E-state index in [1.54, 1.807) is 0 Å². The molecule has 10 heteroatoms. The van der Waals surface area contributed by atoms with Crippen LogP contribution in [0.2, 0.25) is 0 Å². The molecule has 0 saturated heterocycles. The third kappa shape index (κ3) is 5.61. The van der Waals surface area contributed by atoms with Crippen LogP contribution in [0, 0.1) is 13.8 Å². The van der Waals surface area contributed by atoms with E-state index in [-0.39, 0.29) is 11.4 Å². The molecule has 0 unspecified atom stereocenters. The standard InChI is InChI=1S/C20H20F3N3O3S/c1-14-12-15(2)26(25-14)17-8-6-16(7-9-17)10-11-24-30(27,28)19-5-3-4-18(13-19)29-20(21,22)23/h3-9,12-13,24H,10-11H2,1-2H3. The molecule has 0 aliphatic heterocycles. The number of alkyl halides is 3. The molecule has 160 valence electrons. The first-order valence-corrected chi connectivity index (χ1v) is 10.5. The van der Waals surface area contributed by atoms with Gasteiger partial charge in [0.15, 0.2) is 0 Å². The van der Waals surface area contributed by atoms with E-state index in [1.165, 1.54) is 12.1 Å². The van der Waals surface area contributed by atoms with Gasteiger partial charge in [0.2, 0.25) is 10.0 Å². The minimum absolute atomic E-state index is 0.0892. The summed E-state index contributed by atoms with van der Waals surface area (Å²) < 4.78 is 69.7. The Kier molecular flexibility index (Phi) is 6.18. The second-order valence-electron chi connectivity index (χ2n) is 6.68. The van der Waals surface area contributed by atoms with Crippen molar-refractivity contribution in [1.82, 2.24) is 14.5 Å². The van der Waals surface area contributed by atoms with Crippen LogP contribution in [0.15, 0.2) is 59.5 Å². The van der Waals surface area contributed by atoms with Crippen LogP contribution in [0.4, 0.5) is 13.2 Å². The number of ether oxygens (including phenoxy) is 1. The lowest BCUT2D eigenvalue weighted by molar-refractivity contribution is -0.274. The third-order valence-corrected chi connectivity index (χ3v) is 5.70. The van der Waals surface area contributed by atoms with Gasteiger partial charge < -0.3 is 4.74 Å². The van der Waals surface area contributed by atoms with Crippen molar-refractivity contribution in [2.75, 3.05) is 6.54 Å². The number of benzene rings is 2. The summed E-state index contributed by atoms with van der Waals surface area (Å²) in [6.07, 6.45) is -4.48. The Hall–Kier alpha value is -2.85. The Bertz CT molecular complexity index is 1120. The lowest BCUT2D eigenvalue weighted by Gasteiger charge is -2.11. The van der Waals surface area contributed by atoms with E-state index < -0.39 is 22.1 Å². The smallest absolute Gasteiger partial charge is 0.406 e. The highest BCUT2D eigenvalue weighted by atomic mass is 32.2. The van der Waals surface area contributed by atoms with Gasteiger partial charge in [-0.05, 0) is 56.2 Å². The fourth-order valence-corrected chi connectivity index (χ4v) is 4.01. The molecule has 3 aromatic rings. The molecule has 1 N–H and O–H groups in total. The quantitative estimate of drug-likeness (QED) is 0.606. The SMILES string of the molecule is Cc1cc(C)n(-c2ccc(CCNS(=O)(=O)c3cccc(OC(F)(F)F)c3)cc2)n1. The molecule has 30 heavy (non-hydrogen) atoms. The molecule has 0 atom stereocenters. The molecule has 0 saturated carbocycles. The number of halogens is 3. The van der Waals surface area contributed by atoms with Crippen molar-refractivity contribution in [1.29, 1.82) is 0 Å². The third-order valence-electron chi connectivity index (χ3n) is 4.25. The van der Waals surface area contributed by atoms with E-state index >= 15 is 0 Å². The van der Waals surface area contributed by atoms with E-state index in [2.05, 4.69) is 14.6 Å². The summed E-state index contributed by atoms with van der Waals surface area (Å²) in [6.45, 7) is 3.96. The zero-order valence-electron chi connectivity index (χ0n) is 16.3. The Morgan fingerprint density at radius 1 is 1.07 bits per heavy atom. The lowest BCUT2D eigenvalue weighted by atomic mass is 10.1. The topological polar surface area (TPSA) is 73.2 Å². The van der Waals surface area contributed by atoms with Crippen LogP contribution in [0.3, 0.4) is 0 Å². The number of aryl methyl sites for hydroxylation is 2. The van der Waals surface area contributed by atoms with Gasteiger partial charge in [-0.15, -0.1) is 13.2 Å². The van der Waals surface area contributed by atoms with Crippen LogP contribution in [-0.2, 0) is 16.4 Å². The number of aromatic nitrogens is 2. The molecule has 2 aromatic carbocycles. The first kappa shape index (κ1) is 21.8. The number of nitrogens with one attached hydrogen (secondary N) is 1. The maximum Gasteiger partial charge on any atom is 0.573 e. The Morgan fingerprint density at radius 3 is 2.37 bits per heavy atom. The van der Waals surface area contributed by atoms with Gasteiger partial charge >= 0.3 is 6.36 Å². The highest BCUT2D eigenvalue weighted by Crippen LogP contribution is 2.24. The summed E-state index contributed by atoms with van der Waals surface area (Å²) >= 11 is 0. The van der Waals surface area contributed by atoms with Crippen molar-refractivity contribution in [3.05, 3.63) is 71.5 Å². The highest BCUT2D eigenvalue weighted by molar-refractivity contribution is 7.89. The number of sulfonamides is 1. The molecule has 0 amide bonds. The van der Waals surface area contributed by atoms with Crippen LogP contribution in [-0.4, -0.2) is 31.1 Å². The van der Waals surface area contributed by atoms with Crippen molar-refractivity contribution < 1.29 is 26.3 Å².